The number of benzene rings is 8. The molecule has 0 bridgehead atoms. The predicted octanol–water partition coefficient (Wildman–Crippen LogP) is 11.1. The van der Waals surface area contributed by atoms with Crippen LogP contribution in [0.25, 0.3) is 72.0 Å². The van der Waals surface area contributed by atoms with E-state index in [1.54, 1.807) is 0 Å². The van der Waals surface area contributed by atoms with Crippen LogP contribution in [0.3, 0.4) is 0 Å². The molecule has 0 radical (unpaired) electrons. The van der Waals surface area contributed by atoms with Crippen LogP contribution in [-0.4, -0.2) is 11.5 Å². The Morgan fingerprint density at radius 1 is 0.385 bits per heavy atom. The highest BCUT2D eigenvalue weighted by molar-refractivity contribution is 6.84. The number of nitrogens with zero attached hydrogens (tertiary/aromatic N) is 1. The summed E-state index contributed by atoms with van der Waals surface area (Å²) in [5, 5.41) is 2.49. The van der Waals surface area contributed by atoms with E-state index in [1.807, 2.05) is 0 Å². The van der Waals surface area contributed by atoms with Gasteiger partial charge < -0.3 is 14.0 Å². The smallest absolute Gasteiger partial charge is 0.434 e. The summed E-state index contributed by atoms with van der Waals surface area (Å²) in [7, 11) is 0. The molecule has 8 aromatic carbocycles. The van der Waals surface area contributed by atoms with E-state index < -0.39 is 0 Å². The number of para-hydroxylation sites is 3. The minimum absolute atomic E-state index is 0.301. The van der Waals surface area contributed by atoms with Gasteiger partial charge in [-0.2, -0.15) is 0 Å². The molecule has 0 fully saturated rings. The molecule has 11 rings (SSSR count). The number of fused-ring (bicyclic) bond motifs is 7. The largest absolute Gasteiger partial charge is 0.551 e. The average molecular weight is 664 g/mol. The lowest BCUT2D eigenvalue weighted by atomic mass is 9.50. The van der Waals surface area contributed by atoms with Crippen molar-refractivity contribution < 1.29 is 9.39 Å². The van der Waals surface area contributed by atoms with E-state index in [2.05, 4.69) is 187 Å². The Kier molecular flexibility index (Phi) is 6.35. The first-order chi connectivity index (χ1) is 25.8. The van der Waals surface area contributed by atoms with E-state index in [4.69, 9.17) is 9.39 Å². The molecule has 0 unspecified atom stereocenters. The van der Waals surface area contributed by atoms with Gasteiger partial charge in [-0.3, -0.25) is 0 Å². The molecule has 0 saturated heterocycles. The minimum atomic E-state index is -0.301. The van der Waals surface area contributed by atoms with Gasteiger partial charge in [-0.15, -0.1) is 0 Å². The third kappa shape index (κ3) is 4.34. The number of aromatic nitrogens is 1. The van der Waals surface area contributed by atoms with Crippen molar-refractivity contribution in [1.29, 1.82) is 0 Å². The maximum Gasteiger partial charge on any atom is 0.434 e. The fourth-order valence-electron chi connectivity index (χ4n) is 8.39. The van der Waals surface area contributed by atoms with E-state index in [0.29, 0.717) is 0 Å². The van der Waals surface area contributed by atoms with Gasteiger partial charge in [-0.1, -0.05) is 140 Å². The minimum Gasteiger partial charge on any atom is -0.551 e. The quantitative estimate of drug-likeness (QED) is 0.175. The van der Waals surface area contributed by atoms with E-state index in [-0.39, 0.29) is 6.92 Å². The summed E-state index contributed by atoms with van der Waals surface area (Å²) in [6, 6.07) is 64.7. The topological polar surface area (TPSA) is 23.4 Å². The first kappa shape index (κ1) is 29.0. The lowest BCUT2D eigenvalue weighted by molar-refractivity contribution is 0.479. The van der Waals surface area contributed by atoms with Crippen LogP contribution in [0, 0.1) is 0 Å². The van der Waals surface area contributed by atoms with Crippen LogP contribution in [-0.2, 0) is 0 Å². The predicted molar refractivity (Wildman–Crippen MR) is 215 cm³/mol. The van der Waals surface area contributed by atoms with Gasteiger partial charge in [0, 0.05) is 32.8 Å². The van der Waals surface area contributed by atoms with E-state index in [0.717, 1.165) is 61.7 Å². The molecule has 2 aliphatic rings. The second kappa shape index (κ2) is 11.4. The zero-order valence-electron chi connectivity index (χ0n) is 28.2. The number of hydrogen-bond donors (Lipinski definition) is 0. The highest BCUT2D eigenvalue weighted by atomic mass is 16.5. The van der Waals surface area contributed by atoms with Gasteiger partial charge in [0.2, 0.25) is 0 Å². The molecule has 242 valence electrons. The average Bonchev–Trinajstić information content (AvgIpc) is 3.55. The van der Waals surface area contributed by atoms with Gasteiger partial charge >= 0.3 is 6.92 Å². The SMILES string of the molecule is c1ccc(-c2ccccc2-c2ccc3c(c2)-c2cccc4c2B(O3)c2cc(-c3ccccc3-n3c5ccccc5c5ccccc53)ccc2O4)cc1. The van der Waals surface area contributed by atoms with Gasteiger partial charge in [-0.05, 0) is 75.8 Å². The molecule has 9 aromatic rings. The molecule has 0 amide bonds. The van der Waals surface area contributed by atoms with Crippen molar-refractivity contribution in [2.45, 2.75) is 0 Å². The molecule has 0 saturated carbocycles. The molecule has 1 aromatic heterocycles. The molecule has 3 nitrogen and oxygen atoms in total. The second-order valence-corrected chi connectivity index (χ2v) is 13.6. The number of ether oxygens (including phenoxy) is 1. The Labute approximate surface area is 302 Å². The van der Waals surface area contributed by atoms with Crippen LogP contribution in [0.2, 0.25) is 0 Å². The van der Waals surface area contributed by atoms with Crippen LogP contribution >= 0.6 is 0 Å². The summed E-state index contributed by atoms with van der Waals surface area (Å²) in [6.45, 7) is -0.301. The van der Waals surface area contributed by atoms with Crippen molar-refractivity contribution >= 4 is 39.6 Å². The summed E-state index contributed by atoms with van der Waals surface area (Å²) in [5.74, 6) is 2.54. The fraction of sp³-hybridized carbons (Fsp3) is 0. The van der Waals surface area contributed by atoms with Crippen LogP contribution in [0.5, 0.6) is 17.2 Å². The maximum absolute atomic E-state index is 7.00. The third-order valence-corrected chi connectivity index (χ3v) is 10.7. The van der Waals surface area contributed by atoms with Crippen molar-refractivity contribution in [1.82, 2.24) is 4.57 Å². The van der Waals surface area contributed by atoms with Crippen molar-refractivity contribution in [3.05, 3.63) is 182 Å². The normalized spacial score (nSPS) is 12.5. The molecule has 0 N–H and O–H groups in total. The first-order valence-electron chi connectivity index (χ1n) is 17.8. The van der Waals surface area contributed by atoms with Gasteiger partial charge in [0.15, 0.2) is 0 Å². The van der Waals surface area contributed by atoms with Crippen molar-refractivity contribution in [3.63, 3.8) is 0 Å². The summed E-state index contributed by atoms with van der Waals surface area (Å²) in [5.41, 5.74) is 14.8. The van der Waals surface area contributed by atoms with Crippen LogP contribution in [0.4, 0.5) is 0 Å². The van der Waals surface area contributed by atoms with Crippen LogP contribution in [0.1, 0.15) is 0 Å². The number of hydrogen-bond acceptors (Lipinski definition) is 2. The monoisotopic (exact) mass is 663 g/mol. The Hall–Kier alpha value is -6.78. The van der Waals surface area contributed by atoms with Gasteiger partial charge in [-0.25, -0.2) is 0 Å². The van der Waals surface area contributed by atoms with E-state index in [1.165, 1.54) is 38.5 Å². The van der Waals surface area contributed by atoms with Gasteiger partial charge in [0.25, 0.3) is 0 Å². The van der Waals surface area contributed by atoms with Gasteiger partial charge in [0.1, 0.15) is 17.2 Å². The standard InChI is InChI=1S/C48H30BNO2/c1-2-13-31(14-3-1)34-15-4-5-16-35(34)32-25-27-45-40(29-32)39-20-12-24-47-48(39)49(52-45)41-30-33(26-28-46(41)51-47)36-17-6-9-21-42(36)50-43-22-10-7-18-37(43)38-19-8-11-23-44(38)50/h1-30H. The molecule has 0 aliphatic carbocycles. The molecular formula is C48H30BNO2. The second-order valence-electron chi connectivity index (χ2n) is 13.6. The Bertz CT molecular complexity index is 2820. The van der Waals surface area contributed by atoms with E-state index in [9.17, 15) is 0 Å². The molecular weight excluding hydrogens is 633 g/mol. The first-order valence-corrected chi connectivity index (χ1v) is 17.8. The van der Waals surface area contributed by atoms with Crippen molar-refractivity contribution in [3.8, 4) is 67.4 Å². The lowest BCUT2D eigenvalue weighted by Gasteiger charge is -2.33. The Balaban J connectivity index is 1.03. The molecule has 3 heterocycles. The third-order valence-electron chi connectivity index (χ3n) is 10.7. The number of rotatable bonds is 4. The van der Waals surface area contributed by atoms with Gasteiger partial charge in [0.05, 0.1) is 16.7 Å². The van der Waals surface area contributed by atoms with Crippen molar-refractivity contribution in [2.75, 3.05) is 0 Å². The Morgan fingerprint density at radius 2 is 0.981 bits per heavy atom. The fourth-order valence-corrected chi connectivity index (χ4v) is 8.39. The molecule has 2 aliphatic heterocycles. The summed E-state index contributed by atoms with van der Waals surface area (Å²) in [4.78, 5) is 0. The zero-order valence-corrected chi connectivity index (χ0v) is 28.2. The lowest BCUT2D eigenvalue weighted by Crippen LogP contribution is -2.53. The molecule has 52 heavy (non-hydrogen) atoms. The maximum atomic E-state index is 7.00. The highest BCUT2D eigenvalue weighted by Crippen LogP contribution is 2.43. The molecule has 4 heteroatoms. The van der Waals surface area contributed by atoms with E-state index >= 15 is 0 Å². The zero-order chi connectivity index (χ0) is 34.2. The van der Waals surface area contributed by atoms with Crippen molar-refractivity contribution in [2.24, 2.45) is 0 Å². The van der Waals surface area contributed by atoms with Crippen LogP contribution < -0.4 is 20.3 Å². The summed E-state index contributed by atoms with van der Waals surface area (Å²) in [6.07, 6.45) is 0. The Morgan fingerprint density at radius 3 is 1.75 bits per heavy atom. The van der Waals surface area contributed by atoms with Crippen LogP contribution in [0.15, 0.2) is 182 Å². The summed E-state index contributed by atoms with van der Waals surface area (Å²) < 4.78 is 16.0. The summed E-state index contributed by atoms with van der Waals surface area (Å²) >= 11 is 0. The molecule has 0 atom stereocenters. The molecule has 0 spiro atoms. The highest BCUT2D eigenvalue weighted by Gasteiger charge is 2.41.